The van der Waals surface area contributed by atoms with Gasteiger partial charge in [0.15, 0.2) is 0 Å². The number of hydrogen-bond donors (Lipinski definition) is 0. The molecule has 1 aliphatic carbocycles. The van der Waals surface area contributed by atoms with E-state index >= 15 is 0 Å². The molecule has 0 unspecified atom stereocenters. The molecule has 0 saturated heterocycles. The van der Waals surface area contributed by atoms with Crippen molar-refractivity contribution in [3.8, 4) is 10.6 Å². The van der Waals surface area contributed by atoms with Gasteiger partial charge >= 0.3 is 0 Å². The van der Waals surface area contributed by atoms with E-state index in [0.717, 1.165) is 37.5 Å². The Bertz CT molecular complexity index is 912. The zero-order valence-corrected chi connectivity index (χ0v) is 14.9. The van der Waals surface area contributed by atoms with Crippen LogP contribution in [0.5, 0.6) is 0 Å². The molecule has 114 valence electrons. The predicted octanol–water partition coefficient (Wildman–Crippen LogP) is 4.27. The van der Waals surface area contributed by atoms with Crippen LogP contribution in [0.2, 0.25) is 5.02 Å². The van der Waals surface area contributed by atoms with Gasteiger partial charge in [0.1, 0.15) is 0 Å². The minimum absolute atomic E-state index is 0.727. The molecule has 3 nitrogen and oxygen atoms in total. The quantitative estimate of drug-likeness (QED) is 0.623. The fourth-order valence-electron chi connectivity index (χ4n) is 2.77. The lowest BCUT2D eigenvalue weighted by molar-refractivity contribution is 1.13. The smallest absolute Gasteiger partial charge is 0.0826 e. The van der Waals surface area contributed by atoms with E-state index in [2.05, 4.69) is 31.0 Å². The Morgan fingerprint density at radius 1 is 1.18 bits per heavy atom. The van der Waals surface area contributed by atoms with E-state index in [-0.39, 0.29) is 0 Å². The van der Waals surface area contributed by atoms with Crippen molar-refractivity contribution in [1.29, 1.82) is 0 Å². The van der Waals surface area contributed by atoms with Gasteiger partial charge in [0, 0.05) is 21.1 Å². The van der Waals surface area contributed by atoms with Gasteiger partial charge in [0.2, 0.25) is 0 Å². The molecule has 0 saturated carbocycles. The molecule has 0 spiro atoms. The second kappa shape index (κ2) is 5.52. The van der Waals surface area contributed by atoms with Crippen LogP contribution in [-0.2, 0) is 0 Å². The Morgan fingerprint density at radius 3 is 2.55 bits per heavy atom. The highest BCUT2D eigenvalue weighted by Crippen LogP contribution is 2.37. The maximum absolute atomic E-state index is 6.37. The monoisotopic (exact) mass is 331 g/mol. The van der Waals surface area contributed by atoms with E-state index in [1.807, 2.05) is 32.1 Å². The van der Waals surface area contributed by atoms with Gasteiger partial charge < -0.3 is 4.90 Å². The SMILES string of the molecule is CN=c1c(C)cc2nc3cc(Cl)c(N(C)C)cc3sc-2c1C. The largest absolute Gasteiger partial charge is 0.376 e. The third kappa shape index (κ3) is 2.36. The summed E-state index contributed by atoms with van der Waals surface area (Å²) in [6.45, 7) is 4.19. The van der Waals surface area contributed by atoms with Crippen molar-refractivity contribution in [2.24, 2.45) is 4.99 Å². The summed E-state index contributed by atoms with van der Waals surface area (Å²) in [6, 6.07) is 6.16. The second-order valence-electron chi connectivity index (χ2n) is 5.62. The van der Waals surface area contributed by atoms with Crippen molar-refractivity contribution < 1.29 is 0 Å². The number of anilines is 1. The van der Waals surface area contributed by atoms with Gasteiger partial charge in [0.25, 0.3) is 0 Å². The molecule has 5 heteroatoms. The third-order valence-corrected chi connectivity index (χ3v) is 5.41. The second-order valence-corrected chi connectivity index (χ2v) is 7.08. The summed E-state index contributed by atoms with van der Waals surface area (Å²) < 4.78 is 1.13. The first-order valence-electron chi connectivity index (χ1n) is 7.07. The lowest BCUT2D eigenvalue weighted by atomic mass is 10.1. The first-order chi connectivity index (χ1) is 10.4. The van der Waals surface area contributed by atoms with Crippen LogP contribution in [0.3, 0.4) is 0 Å². The van der Waals surface area contributed by atoms with Crippen molar-refractivity contribution in [3.05, 3.63) is 39.7 Å². The fraction of sp³-hybridized carbons (Fsp3) is 0.294. The Balaban J connectivity index is 2.43. The van der Waals surface area contributed by atoms with Crippen LogP contribution in [0, 0.1) is 13.8 Å². The zero-order valence-electron chi connectivity index (χ0n) is 13.4. The zero-order chi connectivity index (χ0) is 16.0. The highest BCUT2D eigenvalue weighted by molar-refractivity contribution is 7.21. The Kier molecular flexibility index (Phi) is 3.83. The fourth-order valence-corrected chi connectivity index (χ4v) is 4.16. The molecular weight excluding hydrogens is 314 g/mol. The van der Waals surface area contributed by atoms with E-state index < -0.39 is 0 Å². The molecule has 1 aromatic carbocycles. The maximum Gasteiger partial charge on any atom is 0.0826 e. The van der Waals surface area contributed by atoms with Gasteiger partial charge in [-0.1, -0.05) is 11.6 Å². The molecular formula is C17H18ClN3S. The molecule has 0 aromatic heterocycles. The molecule has 0 radical (unpaired) electrons. The third-order valence-electron chi connectivity index (χ3n) is 3.84. The molecule has 0 fully saturated rings. The van der Waals surface area contributed by atoms with Gasteiger partial charge in [-0.2, -0.15) is 0 Å². The normalized spacial score (nSPS) is 12.4. The van der Waals surface area contributed by atoms with Crippen LogP contribution in [0.15, 0.2) is 23.2 Å². The molecule has 0 N–H and O–H groups in total. The van der Waals surface area contributed by atoms with E-state index in [4.69, 9.17) is 16.6 Å². The van der Waals surface area contributed by atoms with Crippen molar-refractivity contribution in [1.82, 2.24) is 4.98 Å². The molecule has 0 amide bonds. The minimum Gasteiger partial charge on any atom is -0.376 e. The molecule has 1 aromatic rings. The van der Waals surface area contributed by atoms with Gasteiger partial charge in [-0.15, -0.1) is 11.3 Å². The van der Waals surface area contributed by atoms with Gasteiger partial charge in [-0.05, 0) is 43.2 Å². The number of aromatic nitrogens is 1. The Morgan fingerprint density at radius 2 is 1.91 bits per heavy atom. The van der Waals surface area contributed by atoms with Crippen LogP contribution in [0.1, 0.15) is 11.1 Å². The molecule has 0 bridgehead atoms. The predicted molar refractivity (Wildman–Crippen MR) is 96.5 cm³/mol. The Hall–Kier alpha value is -1.65. The summed E-state index contributed by atoms with van der Waals surface area (Å²) in [5, 5.41) is 1.79. The molecule has 22 heavy (non-hydrogen) atoms. The average Bonchev–Trinajstić information content (AvgIpc) is 2.45. The summed E-state index contributed by atoms with van der Waals surface area (Å²) in [4.78, 5) is 12.4. The number of nitrogens with zero attached hydrogens (tertiary/aromatic N) is 3. The van der Waals surface area contributed by atoms with E-state index in [1.165, 1.54) is 10.4 Å². The molecule has 2 aliphatic rings. The highest BCUT2D eigenvalue weighted by Gasteiger charge is 2.15. The number of benzene rings is 2. The lowest BCUT2D eigenvalue weighted by Crippen LogP contribution is -2.13. The van der Waals surface area contributed by atoms with Gasteiger partial charge in [-0.3, -0.25) is 4.99 Å². The van der Waals surface area contributed by atoms with Crippen LogP contribution in [0.4, 0.5) is 5.69 Å². The summed E-state index contributed by atoms with van der Waals surface area (Å²) in [5.41, 5.74) is 5.30. The average molecular weight is 332 g/mol. The van der Waals surface area contributed by atoms with Crippen molar-refractivity contribution in [2.75, 3.05) is 26.0 Å². The minimum atomic E-state index is 0.727. The first kappa shape index (κ1) is 15.3. The summed E-state index contributed by atoms with van der Waals surface area (Å²) >= 11 is 8.12. The van der Waals surface area contributed by atoms with Crippen LogP contribution in [0.25, 0.3) is 20.8 Å². The lowest BCUT2D eigenvalue weighted by Gasteiger charge is -2.16. The van der Waals surface area contributed by atoms with E-state index in [0.29, 0.717) is 0 Å². The summed E-state index contributed by atoms with van der Waals surface area (Å²) in [6.07, 6.45) is 0. The molecule has 1 heterocycles. The van der Waals surface area contributed by atoms with Crippen LogP contribution < -0.4 is 10.3 Å². The number of aryl methyl sites for hydroxylation is 1. The maximum atomic E-state index is 6.37. The number of halogens is 1. The standard InChI is InChI=1S/C17H18ClN3S/c1-9-6-13-17(10(2)16(9)19-3)22-15-8-14(21(4)5)11(18)7-12(15)20-13/h6-8H,1-5H3. The number of fused-ring (bicyclic) bond motifs is 2. The van der Waals surface area contributed by atoms with Gasteiger partial charge in [0.05, 0.1) is 36.9 Å². The summed E-state index contributed by atoms with van der Waals surface area (Å²) in [7, 11) is 5.83. The van der Waals surface area contributed by atoms with E-state index in [9.17, 15) is 0 Å². The highest BCUT2D eigenvalue weighted by atomic mass is 35.5. The number of hydrogen-bond acceptors (Lipinski definition) is 4. The van der Waals surface area contributed by atoms with Crippen molar-refractivity contribution >= 4 is 38.8 Å². The van der Waals surface area contributed by atoms with Gasteiger partial charge in [-0.25, -0.2) is 4.98 Å². The van der Waals surface area contributed by atoms with E-state index in [1.54, 1.807) is 11.3 Å². The van der Waals surface area contributed by atoms with Crippen molar-refractivity contribution in [2.45, 2.75) is 13.8 Å². The van der Waals surface area contributed by atoms with Crippen LogP contribution in [-0.4, -0.2) is 26.1 Å². The first-order valence-corrected chi connectivity index (χ1v) is 8.26. The summed E-state index contributed by atoms with van der Waals surface area (Å²) in [5.74, 6) is 0. The van der Waals surface area contributed by atoms with Crippen molar-refractivity contribution in [3.63, 3.8) is 0 Å². The topological polar surface area (TPSA) is 28.5 Å². The van der Waals surface area contributed by atoms with Crippen LogP contribution >= 0.6 is 22.9 Å². The molecule has 3 rings (SSSR count). The molecule has 1 aliphatic heterocycles. The molecule has 0 atom stereocenters. The Labute approximate surface area is 139 Å². The number of rotatable bonds is 1.